The SMILES string of the molecule is CN1/C(=C/C=C2\CCCC(/C=C/C3=[N+](C)c4ccccc4C3(C)C)=C2c2ccc(CCCCCCCCCCCCCCCCCCOP(=O)([O-])OCC[N+](C)(C)C)cc2)C(C)(C)c2ccccc21.[Cl-]. The lowest BCUT2D eigenvalue weighted by molar-refractivity contribution is -0.870. The summed E-state index contributed by atoms with van der Waals surface area (Å²) in [6.45, 7) is 10.5. The van der Waals surface area contributed by atoms with Crippen LogP contribution in [0.4, 0.5) is 11.4 Å². The average molecular weight is 995 g/mol. The number of hydrogen-bond acceptors (Lipinski definition) is 5. The summed E-state index contributed by atoms with van der Waals surface area (Å²) in [4.78, 5) is 14.3. The Morgan fingerprint density at radius 1 is 0.671 bits per heavy atom. The van der Waals surface area contributed by atoms with Crippen LogP contribution in [0.1, 0.15) is 172 Å². The molecule has 0 saturated carbocycles. The Morgan fingerprint density at radius 2 is 1.21 bits per heavy atom. The van der Waals surface area contributed by atoms with Crippen LogP contribution in [0.2, 0.25) is 0 Å². The lowest BCUT2D eigenvalue weighted by atomic mass is 9.79. The molecule has 0 spiro atoms. The van der Waals surface area contributed by atoms with Crippen molar-refractivity contribution in [1.29, 1.82) is 0 Å². The van der Waals surface area contributed by atoms with Crippen LogP contribution in [0.3, 0.4) is 0 Å². The van der Waals surface area contributed by atoms with E-state index in [1.807, 2.05) is 21.1 Å². The van der Waals surface area contributed by atoms with Gasteiger partial charge in [-0.15, -0.1) is 0 Å². The van der Waals surface area contributed by atoms with E-state index in [0.717, 1.165) is 44.9 Å². The minimum Gasteiger partial charge on any atom is -1.00 e. The zero-order chi connectivity index (χ0) is 49.5. The fourth-order valence-corrected chi connectivity index (χ4v) is 11.7. The highest BCUT2D eigenvalue weighted by Gasteiger charge is 2.43. The summed E-state index contributed by atoms with van der Waals surface area (Å²) < 4.78 is 24.9. The Bertz CT molecular complexity index is 2350. The maximum absolute atomic E-state index is 11.9. The van der Waals surface area contributed by atoms with Gasteiger partial charge in [0.2, 0.25) is 5.69 Å². The van der Waals surface area contributed by atoms with Crippen LogP contribution in [-0.4, -0.2) is 69.8 Å². The number of anilines is 1. The number of rotatable bonds is 28. The molecule has 384 valence electrons. The van der Waals surface area contributed by atoms with Crippen molar-refractivity contribution in [3.05, 3.63) is 136 Å². The van der Waals surface area contributed by atoms with E-state index in [2.05, 4.69) is 148 Å². The van der Waals surface area contributed by atoms with E-state index in [1.54, 1.807) is 0 Å². The highest BCUT2D eigenvalue weighted by atomic mass is 35.5. The number of phosphoric acid groups is 1. The number of halogens is 1. The number of benzene rings is 3. The lowest BCUT2D eigenvalue weighted by Gasteiger charge is -2.27. The quantitative estimate of drug-likeness (QED) is 0.0314. The molecule has 7 nitrogen and oxygen atoms in total. The molecule has 1 aliphatic carbocycles. The first-order valence-corrected chi connectivity index (χ1v) is 28.3. The van der Waals surface area contributed by atoms with Crippen molar-refractivity contribution in [2.24, 2.45) is 0 Å². The molecule has 3 aromatic carbocycles. The number of fused-ring (bicyclic) bond motifs is 2. The van der Waals surface area contributed by atoms with Crippen molar-refractivity contribution in [3.8, 4) is 0 Å². The number of allylic oxidation sites excluding steroid dienone is 8. The van der Waals surface area contributed by atoms with E-state index in [-0.39, 0.29) is 36.5 Å². The van der Waals surface area contributed by atoms with Crippen molar-refractivity contribution in [2.45, 2.75) is 167 Å². The number of nitrogens with zero attached hydrogens (tertiary/aromatic N) is 3. The molecular formula is C61H89ClN3O4P. The second-order valence-electron chi connectivity index (χ2n) is 22.3. The molecule has 3 aromatic rings. The maximum Gasteiger partial charge on any atom is 0.268 e. The molecule has 2 heterocycles. The number of unbranched alkanes of at least 4 members (excludes halogenated alkanes) is 15. The lowest BCUT2D eigenvalue weighted by Crippen LogP contribution is -3.00. The van der Waals surface area contributed by atoms with E-state index < -0.39 is 7.82 Å². The third-order valence-corrected chi connectivity index (χ3v) is 16.2. The van der Waals surface area contributed by atoms with Crippen LogP contribution in [0, 0.1) is 0 Å². The zero-order valence-electron chi connectivity index (χ0n) is 44.8. The van der Waals surface area contributed by atoms with Crippen LogP contribution in [-0.2, 0) is 30.9 Å². The van der Waals surface area contributed by atoms with Gasteiger partial charge in [-0.3, -0.25) is 4.57 Å². The molecule has 1 atom stereocenters. The number of likely N-dealkylation sites (N-methyl/N-ethyl adjacent to an activating group) is 2. The smallest absolute Gasteiger partial charge is 0.268 e. The van der Waals surface area contributed by atoms with Crippen LogP contribution in [0.5, 0.6) is 0 Å². The van der Waals surface area contributed by atoms with Crippen LogP contribution >= 0.6 is 7.82 Å². The summed E-state index contributed by atoms with van der Waals surface area (Å²) >= 11 is 0. The maximum atomic E-state index is 11.9. The molecule has 70 heavy (non-hydrogen) atoms. The van der Waals surface area contributed by atoms with E-state index >= 15 is 0 Å². The molecule has 0 N–H and O–H groups in total. The molecular weight excluding hydrogens is 905 g/mol. The minimum absolute atomic E-state index is 0. The number of quaternary nitrogens is 1. The first-order valence-electron chi connectivity index (χ1n) is 26.9. The Labute approximate surface area is 431 Å². The predicted molar refractivity (Wildman–Crippen MR) is 291 cm³/mol. The van der Waals surface area contributed by atoms with Crippen molar-refractivity contribution < 1.29 is 40.0 Å². The summed E-state index contributed by atoms with van der Waals surface area (Å²) in [5.74, 6) is 0. The van der Waals surface area contributed by atoms with Crippen LogP contribution in [0.15, 0.2) is 114 Å². The molecule has 0 radical (unpaired) electrons. The zero-order valence-corrected chi connectivity index (χ0v) is 46.5. The summed E-state index contributed by atoms with van der Waals surface area (Å²) in [5.41, 5.74) is 15.1. The van der Waals surface area contributed by atoms with Gasteiger partial charge in [0, 0.05) is 41.6 Å². The normalized spacial score (nSPS) is 18.5. The second-order valence-corrected chi connectivity index (χ2v) is 23.8. The van der Waals surface area contributed by atoms with Crippen molar-refractivity contribution in [3.63, 3.8) is 0 Å². The van der Waals surface area contributed by atoms with Crippen molar-refractivity contribution >= 4 is 30.5 Å². The molecule has 0 bridgehead atoms. The third kappa shape index (κ3) is 16.0. The van der Waals surface area contributed by atoms with Gasteiger partial charge in [0.15, 0.2) is 5.71 Å². The molecule has 9 heteroatoms. The van der Waals surface area contributed by atoms with E-state index in [4.69, 9.17) is 9.05 Å². The van der Waals surface area contributed by atoms with Gasteiger partial charge in [0.05, 0.1) is 33.2 Å². The van der Waals surface area contributed by atoms with E-state index in [0.29, 0.717) is 11.0 Å². The number of hydrogen-bond donors (Lipinski definition) is 0. The van der Waals surface area contributed by atoms with Gasteiger partial charge in [-0.1, -0.05) is 177 Å². The second kappa shape index (κ2) is 26.9. The number of aryl methyl sites for hydroxylation is 1. The highest BCUT2D eigenvalue weighted by molar-refractivity contribution is 7.45. The van der Waals surface area contributed by atoms with Crippen molar-refractivity contribution in [2.75, 3.05) is 59.9 Å². The standard InChI is InChI=1S/C61H89N3O4P.ClH/c1-60(2)53-34-25-27-36-55(53)62(5)57(60)44-42-50-32-30-33-51(43-45-58-61(3,4)54-35-26-28-37-56(54)63(58)6)59(50)52-40-38-49(39-41-52)31-24-22-20-18-16-14-12-10-11-13-15-17-19-21-23-29-47-67-69(65,66)68-48-46-64(7,8)9;/h25-28,34-45H,10-24,29-33,46-48H2,1-9H3;1H/q+1;/p-1. The van der Waals surface area contributed by atoms with Gasteiger partial charge < -0.3 is 35.7 Å². The topological polar surface area (TPSA) is 64.8 Å². The van der Waals surface area contributed by atoms with Gasteiger partial charge in [0.1, 0.15) is 20.2 Å². The largest absolute Gasteiger partial charge is 1.00 e. The first-order chi connectivity index (χ1) is 33.0. The Hall–Kier alpha value is -3.55. The van der Waals surface area contributed by atoms with Gasteiger partial charge in [-0.2, -0.15) is 4.58 Å². The summed E-state index contributed by atoms with van der Waals surface area (Å²) in [7, 11) is 6.28. The minimum atomic E-state index is -4.18. The Balaban J connectivity index is 0.00000913. The fourth-order valence-electron chi connectivity index (χ4n) is 11.0. The molecule has 0 amide bonds. The van der Waals surface area contributed by atoms with E-state index in [9.17, 15) is 9.46 Å². The summed E-state index contributed by atoms with van der Waals surface area (Å²) in [5, 5.41) is 0. The number of para-hydroxylation sites is 2. The van der Waals surface area contributed by atoms with Gasteiger partial charge in [-0.25, -0.2) is 0 Å². The highest BCUT2D eigenvalue weighted by Crippen LogP contribution is 2.47. The summed E-state index contributed by atoms with van der Waals surface area (Å²) in [6, 6.07) is 27.4. The molecule has 6 rings (SSSR count). The van der Waals surface area contributed by atoms with Crippen LogP contribution < -0.4 is 22.2 Å². The average Bonchev–Trinajstić information content (AvgIpc) is 3.63. The van der Waals surface area contributed by atoms with Gasteiger partial charge >= 0.3 is 0 Å². The molecule has 3 aliphatic rings. The number of phosphoric ester groups is 1. The van der Waals surface area contributed by atoms with E-state index in [1.165, 1.54) is 145 Å². The molecule has 0 fully saturated rings. The summed E-state index contributed by atoms with van der Waals surface area (Å²) in [6.07, 6.45) is 34.3. The molecule has 0 saturated heterocycles. The van der Waals surface area contributed by atoms with Crippen LogP contribution in [0.25, 0.3) is 5.57 Å². The van der Waals surface area contributed by atoms with Gasteiger partial charge in [-0.05, 0) is 97.9 Å². The van der Waals surface area contributed by atoms with Gasteiger partial charge in [0.25, 0.3) is 7.82 Å². The predicted octanol–water partition coefficient (Wildman–Crippen LogP) is 12.1. The third-order valence-electron chi connectivity index (χ3n) is 15.2. The molecule has 0 aromatic heterocycles. The first kappa shape index (κ1) is 57.4. The Kier molecular flexibility index (Phi) is 22.1. The van der Waals surface area contributed by atoms with Crippen molar-refractivity contribution in [1.82, 2.24) is 0 Å². The molecule has 2 aliphatic heterocycles. The Morgan fingerprint density at radius 3 is 1.80 bits per heavy atom. The fraction of sp³-hybridized carbons (Fsp3) is 0.557. The molecule has 1 unspecified atom stereocenters. The monoisotopic (exact) mass is 994 g/mol.